The molecule has 0 saturated carbocycles. The number of likely N-dealkylation sites (tertiary alicyclic amines) is 1. The largest absolute Gasteiger partial charge is 0.463 e. The molecule has 0 radical (unpaired) electrons. The van der Waals surface area contributed by atoms with Crippen molar-refractivity contribution in [2.45, 2.75) is 25.8 Å². The molecule has 20 heavy (non-hydrogen) atoms. The van der Waals surface area contributed by atoms with Crippen molar-refractivity contribution >= 4 is 16.9 Å². The molecular weight excluding hydrogens is 252 g/mol. The minimum Gasteiger partial charge on any atom is -0.463 e. The molecule has 2 heterocycles. The Balaban J connectivity index is 1.73. The van der Waals surface area contributed by atoms with E-state index in [-0.39, 0.29) is 11.9 Å². The number of carbonyl (C=O) groups is 1. The van der Waals surface area contributed by atoms with Crippen LogP contribution >= 0.6 is 0 Å². The average Bonchev–Trinajstić information content (AvgIpc) is 2.91. The van der Waals surface area contributed by atoms with Crippen LogP contribution in [0.4, 0.5) is 0 Å². The van der Waals surface area contributed by atoms with Crippen molar-refractivity contribution in [2.24, 2.45) is 0 Å². The van der Waals surface area contributed by atoms with Crippen LogP contribution in [0.2, 0.25) is 0 Å². The van der Waals surface area contributed by atoms with Gasteiger partial charge in [-0.2, -0.15) is 0 Å². The first-order chi connectivity index (χ1) is 9.78. The zero-order chi connectivity index (χ0) is 13.9. The second-order valence-electron chi connectivity index (χ2n) is 5.35. The number of para-hydroxylation sites is 1. The predicted molar refractivity (Wildman–Crippen MR) is 78.8 cm³/mol. The van der Waals surface area contributed by atoms with Gasteiger partial charge in [0.2, 0.25) is 0 Å². The van der Waals surface area contributed by atoms with Crippen molar-refractivity contribution in [1.29, 1.82) is 0 Å². The molecule has 1 unspecified atom stereocenters. The number of hydrogen-bond donors (Lipinski definition) is 1. The van der Waals surface area contributed by atoms with E-state index in [0.29, 0.717) is 5.56 Å². The van der Waals surface area contributed by atoms with Crippen molar-refractivity contribution < 1.29 is 9.21 Å². The number of fused-ring (bicyclic) bond motifs is 1. The van der Waals surface area contributed by atoms with Gasteiger partial charge in [-0.1, -0.05) is 25.1 Å². The Morgan fingerprint density at radius 2 is 2.30 bits per heavy atom. The summed E-state index contributed by atoms with van der Waals surface area (Å²) in [5.41, 5.74) is 1.39. The van der Waals surface area contributed by atoms with E-state index in [4.69, 9.17) is 4.42 Å². The molecule has 4 heteroatoms. The van der Waals surface area contributed by atoms with Crippen molar-refractivity contribution in [3.63, 3.8) is 0 Å². The van der Waals surface area contributed by atoms with Gasteiger partial charge in [-0.3, -0.25) is 4.79 Å². The fourth-order valence-corrected chi connectivity index (χ4v) is 2.88. The maximum atomic E-state index is 12.4. The molecule has 1 aliphatic heterocycles. The summed E-state index contributed by atoms with van der Waals surface area (Å²) < 4.78 is 5.43. The number of nitrogens with one attached hydrogen (secondary N) is 1. The van der Waals surface area contributed by atoms with Crippen LogP contribution in [0.5, 0.6) is 0 Å². The van der Waals surface area contributed by atoms with E-state index in [1.165, 1.54) is 0 Å². The number of rotatable bonds is 3. The van der Waals surface area contributed by atoms with E-state index in [1.54, 1.807) is 6.26 Å². The first kappa shape index (κ1) is 13.2. The second-order valence-corrected chi connectivity index (χ2v) is 5.35. The molecule has 1 amide bonds. The summed E-state index contributed by atoms with van der Waals surface area (Å²) in [7, 11) is 0. The predicted octanol–water partition coefficient (Wildman–Crippen LogP) is 2.65. The van der Waals surface area contributed by atoms with E-state index in [1.807, 2.05) is 24.3 Å². The molecule has 0 bridgehead atoms. The first-order valence-corrected chi connectivity index (χ1v) is 7.27. The highest BCUT2D eigenvalue weighted by molar-refractivity contribution is 6.05. The van der Waals surface area contributed by atoms with E-state index in [0.717, 1.165) is 43.4 Å². The maximum absolute atomic E-state index is 12.4. The number of benzene rings is 1. The minimum absolute atomic E-state index is 0.0297. The Kier molecular flexibility index (Phi) is 3.74. The van der Waals surface area contributed by atoms with Gasteiger partial charge in [0.05, 0.1) is 5.56 Å². The summed E-state index contributed by atoms with van der Waals surface area (Å²) >= 11 is 0. The lowest BCUT2D eigenvalue weighted by atomic mass is 10.0. The van der Waals surface area contributed by atoms with Gasteiger partial charge < -0.3 is 14.6 Å². The molecule has 1 saturated heterocycles. The second kappa shape index (κ2) is 5.67. The summed E-state index contributed by atoms with van der Waals surface area (Å²) in [4.78, 5) is 14.8. The zero-order valence-electron chi connectivity index (χ0n) is 11.8. The van der Waals surface area contributed by atoms with Crippen molar-refractivity contribution in [3.05, 3.63) is 36.1 Å². The van der Waals surface area contributed by atoms with Gasteiger partial charge in [0.1, 0.15) is 11.8 Å². The number of likely N-dealkylation sites (N-methyl/N-ethyl adjacent to an activating group) is 1. The normalized spacial score (nSPS) is 20.1. The van der Waals surface area contributed by atoms with Gasteiger partial charge in [-0.05, 0) is 32.0 Å². The van der Waals surface area contributed by atoms with Gasteiger partial charge in [0, 0.05) is 18.0 Å². The van der Waals surface area contributed by atoms with Crippen LogP contribution in [0, 0.1) is 0 Å². The number of piperidine rings is 1. The molecule has 2 aromatic rings. The zero-order valence-corrected chi connectivity index (χ0v) is 11.8. The van der Waals surface area contributed by atoms with Gasteiger partial charge in [0.25, 0.3) is 5.91 Å². The summed E-state index contributed by atoms with van der Waals surface area (Å²) in [5, 5.41) is 4.02. The Labute approximate surface area is 118 Å². The minimum atomic E-state index is -0.0297. The van der Waals surface area contributed by atoms with Crippen LogP contribution in [0.15, 0.2) is 34.9 Å². The van der Waals surface area contributed by atoms with Crippen LogP contribution in [-0.2, 0) is 0 Å². The average molecular weight is 272 g/mol. The third-order valence-corrected chi connectivity index (χ3v) is 4.01. The van der Waals surface area contributed by atoms with Crippen LogP contribution in [0.3, 0.4) is 0 Å². The Morgan fingerprint density at radius 1 is 1.45 bits per heavy atom. The topological polar surface area (TPSA) is 45.5 Å². The van der Waals surface area contributed by atoms with E-state index >= 15 is 0 Å². The number of hydrogen-bond acceptors (Lipinski definition) is 3. The van der Waals surface area contributed by atoms with Crippen LogP contribution in [-0.4, -0.2) is 36.5 Å². The fraction of sp³-hybridized carbons (Fsp3) is 0.438. The molecule has 0 aliphatic carbocycles. The molecule has 4 nitrogen and oxygen atoms in total. The molecule has 0 spiro atoms. The van der Waals surface area contributed by atoms with Crippen LogP contribution < -0.4 is 5.32 Å². The highest BCUT2D eigenvalue weighted by Crippen LogP contribution is 2.21. The molecule has 1 fully saturated rings. The maximum Gasteiger partial charge on any atom is 0.255 e. The van der Waals surface area contributed by atoms with Crippen LogP contribution in [0.1, 0.15) is 30.1 Å². The van der Waals surface area contributed by atoms with Gasteiger partial charge >= 0.3 is 0 Å². The molecule has 3 rings (SSSR count). The quantitative estimate of drug-likeness (QED) is 0.934. The monoisotopic (exact) mass is 272 g/mol. The Bertz CT molecular complexity index is 605. The number of furan rings is 1. The summed E-state index contributed by atoms with van der Waals surface area (Å²) in [6.07, 6.45) is 3.75. The number of amides is 1. The van der Waals surface area contributed by atoms with E-state index < -0.39 is 0 Å². The van der Waals surface area contributed by atoms with Crippen molar-refractivity contribution in [3.8, 4) is 0 Å². The molecule has 1 aromatic carbocycles. The van der Waals surface area contributed by atoms with E-state index in [2.05, 4.69) is 17.1 Å². The van der Waals surface area contributed by atoms with Gasteiger partial charge in [0.15, 0.2) is 0 Å². The summed E-state index contributed by atoms with van der Waals surface area (Å²) in [6.45, 7) is 5.28. The number of carbonyl (C=O) groups excluding carboxylic acids is 1. The molecule has 1 N–H and O–H groups in total. The standard InChI is InChI=1S/C16H20N2O2/c1-2-18-9-5-6-12(10-18)17-16(19)14-11-20-15-8-4-3-7-13(14)15/h3-4,7-8,11-12H,2,5-6,9-10H2,1H3,(H,17,19). The lowest BCUT2D eigenvalue weighted by Crippen LogP contribution is -2.47. The SMILES string of the molecule is CCN1CCCC(NC(=O)c2coc3ccccc23)C1. The lowest BCUT2D eigenvalue weighted by Gasteiger charge is -2.32. The smallest absolute Gasteiger partial charge is 0.255 e. The van der Waals surface area contributed by atoms with Crippen molar-refractivity contribution in [1.82, 2.24) is 10.2 Å². The highest BCUT2D eigenvalue weighted by atomic mass is 16.3. The van der Waals surface area contributed by atoms with Gasteiger partial charge in [-0.25, -0.2) is 0 Å². The molecule has 1 aromatic heterocycles. The highest BCUT2D eigenvalue weighted by Gasteiger charge is 2.22. The summed E-state index contributed by atoms with van der Waals surface area (Å²) in [6, 6.07) is 7.88. The fourth-order valence-electron chi connectivity index (χ4n) is 2.88. The van der Waals surface area contributed by atoms with Crippen LogP contribution in [0.25, 0.3) is 11.0 Å². The Morgan fingerprint density at radius 3 is 3.15 bits per heavy atom. The molecule has 106 valence electrons. The third kappa shape index (κ3) is 2.56. The molecule has 1 atom stereocenters. The third-order valence-electron chi connectivity index (χ3n) is 4.01. The number of nitrogens with zero attached hydrogens (tertiary/aromatic N) is 1. The molecular formula is C16H20N2O2. The summed E-state index contributed by atoms with van der Waals surface area (Å²) in [5.74, 6) is -0.0297. The Hall–Kier alpha value is -1.81. The van der Waals surface area contributed by atoms with Gasteiger partial charge in [-0.15, -0.1) is 0 Å². The first-order valence-electron chi connectivity index (χ1n) is 7.27. The van der Waals surface area contributed by atoms with E-state index in [9.17, 15) is 4.79 Å². The van der Waals surface area contributed by atoms with Crippen molar-refractivity contribution in [2.75, 3.05) is 19.6 Å². The lowest BCUT2D eigenvalue weighted by molar-refractivity contribution is 0.0906. The molecule has 1 aliphatic rings.